The number of thiocarbonyl (C=S) groups is 1. The van der Waals surface area contributed by atoms with Gasteiger partial charge in [-0.3, -0.25) is 15.6 Å². The molecule has 0 aliphatic rings. The van der Waals surface area contributed by atoms with Crippen molar-refractivity contribution >= 4 is 39.2 Å². The molecule has 0 unspecified atom stereocenters. The first-order valence-electron chi connectivity index (χ1n) is 4.70. The highest BCUT2D eigenvalue weighted by Crippen LogP contribution is 2.09. The highest BCUT2D eigenvalue weighted by atomic mass is 79.9. The Bertz CT molecular complexity index is 391. The van der Waals surface area contributed by atoms with Crippen LogP contribution < -0.4 is 16.2 Å². The van der Waals surface area contributed by atoms with E-state index < -0.39 is 0 Å². The third-order valence-corrected chi connectivity index (χ3v) is 2.28. The van der Waals surface area contributed by atoms with Gasteiger partial charge in [0.15, 0.2) is 5.11 Å². The van der Waals surface area contributed by atoms with E-state index in [0.717, 1.165) is 4.47 Å². The number of aromatic amines is 1. The number of rotatable bonds is 2. The van der Waals surface area contributed by atoms with Gasteiger partial charge in [0.05, 0.1) is 0 Å². The average Bonchev–Trinajstić information content (AvgIpc) is 2.60. The average molecular weight is 305 g/mol. The Morgan fingerprint density at radius 1 is 1.50 bits per heavy atom. The molecule has 7 heteroatoms. The lowest BCUT2D eigenvalue weighted by atomic mass is 10.4. The van der Waals surface area contributed by atoms with Crippen LogP contribution >= 0.6 is 28.1 Å². The summed E-state index contributed by atoms with van der Waals surface area (Å²) >= 11 is 8.19. The van der Waals surface area contributed by atoms with Crippen LogP contribution in [0.15, 0.2) is 16.7 Å². The van der Waals surface area contributed by atoms with Crippen molar-refractivity contribution in [2.75, 3.05) is 0 Å². The van der Waals surface area contributed by atoms with Crippen LogP contribution in [-0.4, -0.2) is 22.0 Å². The molecule has 0 saturated carbocycles. The van der Waals surface area contributed by atoms with Crippen molar-refractivity contribution < 1.29 is 4.79 Å². The van der Waals surface area contributed by atoms with E-state index in [1.807, 2.05) is 13.8 Å². The Balaban J connectivity index is 2.38. The number of carbonyl (C=O) groups excluding carboxylic acids is 1. The number of nitrogens with one attached hydrogen (secondary N) is 4. The highest BCUT2D eigenvalue weighted by molar-refractivity contribution is 9.10. The van der Waals surface area contributed by atoms with Gasteiger partial charge in [-0.2, -0.15) is 0 Å². The first-order chi connectivity index (χ1) is 7.49. The summed E-state index contributed by atoms with van der Waals surface area (Å²) in [5.41, 5.74) is 5.53. The second-order valence-electron chi connectivity index (χ2n) is 3.44. The zero-order chi connectivity index (χ0) is 12.1. The summed E-state index contributed by atoms with van der Waals surface area (Å²) in [7, 11) is 0. The lowest BCUT2D eigenvalue weighted by Gasteiger charge is -2.13. The maximum atomic E-state index is 11.5. The SMILES string of the molecule is CC(C)NC(=S)NNC(=O)c1cc(Br)c[nH]1. The molecule has 0 aliphatic carbocycles. The topological polar surface area (TPSA) is 68.9 Å². The first-order valence-corrected chi connectivity index (χ1v) is 5.90. The Kier molecular flexibility index (Phi) is 4.75. The fraction of sp³-hybridized carbons (Fsp3) is 0.333. The minimum atomic E-state index is -0.279. The Hall–Kier alpha value is -1.08. The molecule has 0 saturated heterocycles. The third kappa shape index (κ3) is 4.19. The molecule has 0 bridgehead atoms. The van der Waals surface area contributed by atoms with Gasteiger partial charge in [-0.15, -0.1) is 0 Å². The van der Waals surface area contributed by atoms with Crippen LogP contribution in [0.25, 0.3) is 0 Å². The predicted molar refractivity (Wildman–Crippen MR) is 70.0 cm³/mol. The number of hydrazine groups is 1. The molecular formula is C9H13BrN4OS. The smallest absolute Gasteiger partial charge is 0.286 e. The standard InChI is InChI=1S/C9H13BrN4OS/c1-5(2)12-9(16)14-13-8(15)7-3-6(10)4-11-7/h3-5,11H,1-2H3,(H,13,15)(H2,12,14,16). The van der Waals surface area contributed by atoms with Gasteiger partial charge in [0, 0.05) is 16.7 Å². The van der Waals surface area contributed by atoms with Crippen molar-refractivity contribution in [2.45, 2.75) is 19.9 Å². The number of hydrogen-bond acceptors (Lipinski definition) is 2. The van der Waals surface area contributed by atoms with Crippen molar-refractivity contribution in [1.82, 2.24) is 21.2 Å². The summed E-state index contributed by atoms with van der Waals surface area (Å²) in [6.45, 7) is 3.91. The van der Waals surface area contributed by atoms with Gasteiger partial charge < -0.3 is 10.3 Å². The van der Waals surface area contributed by atoms with Crippen molar-refractivity contribution in [2.24, 2.45) is 0 Å². The molecule has 1 heterocycles. The molecule has 0 spiro atoms. The predicted octanol–water partition coefficient (Wildman–Crippen LogP) is 1.29. The van der Waals surface area contributed by atoms with Crippen LogP contribution in [0.2, 0.25) is 0 Å². The van der Waals surface area contributed by atoms with Gasteiger partial charge in [-0.1, -0.05) is 0 Å². The van der Waals surface area contributed by atoms with Crippen LogP contribution in [-0.2, 0) is 0 Å². The van der Waals surface area contributed by atoms with Crippen molar-refractivity contribution in [3.05, 3.63) is 22.4 Å². The maximum Gasteiger partial charge on any atom is 0.286 e. The molecule has 16 heavy (non-hydrogen) atoms. The van der Waals surface area contributed by atoms with E-state index in [2.05, 4.69) is 37.1 Å². The highest BCUT2D eigenvalue weighted by Gasteiger charge is 2.07. The number of aromatic nitrogens is 1. The Morgan fingerprint density at radius 2 is 2.19 bits per heavy atom. The van der Waals surface area contributed by atoms with Crippen molar-refractivity contribution in [3.8, 4) is 0 Å². The largest absolute Gasteiger partial charge is 0.359 e. The van der Waals surface area contributed by atoms with Gasteiger partial charge in [0.1, 0.15) is 5.69 Å². The normalized spacial score (nSPS) is 10.0. The lowest BCUT2D eigenvalue weighted by Crippen LogP contribution is -2.48. The zero-order valence-electron chi connectivity index (χ0n) is 8.93. The number of carbonyl (C=O) groups is 1. The van der Waals surface area contributed by atoms with Crippen LogP contribution in [0, 0.1) is 0 Å². The molecule has 5 nitrogen and oxygen atoms in total. The van der Waals surface area contributed by atoms with Crippen molar-refractivity contribution in [1.29, 1.82) is 0 Å². The number of amides is 1. The summed E-state index contributed by atoms with van der Waals surface area (Å²) in [5.74, 6) is -0.279. The molecule has 1 rings (SSSR count). The quantitative estimate of drug-likeness (QED) is 0.491. The van der Waals surface area contributed by atoms with E-state index in [1.54, 1.807) is 12.3 Å². The molecule has 4 N–H and O–H groups in total. The van der Waals surface area contributed by atoms with E-state index in [9.17, 15) is 4.79 Å². The van der Waals surface area contributed by atoms with E-state index >= 15 is 0 Å². The zero-order valence-corrected chi connectivity index (χ0v) is 11.3. The molecule has 0 aromatic carbocycles. The number of hydrogen-bond donors (Lipinski definition) is 4. The molecule has 0 fully saturated rings. The van der Waals surface area contributed by atoms with E-state index in [-0.39, 0.29) is 11.9 Å². The number of halogens is 1. The van der Waals surface area contributed by atoms with Crippen LogP contribution in [0.5, 0.6) is 0 Å². The molecule has 0 radical (unpaired) electrons. The molecular weight excluding hydrogens is 292 g/mol. The van der Waals surface area contributed by atoms with E-state index in [4.69, 9.17) is 12.2 Å². The number of H-pyrrole nitrogens is 1. The Morgan fingerprint density at radius 3 is 2.69 bits per heavy atom. The van der Waals surface area contributed by atoms with E-state index in [0.29, 0.717) is 10.8 Å². The van der Waals surface area contributed by atoms with Crippen LogP contribution in [0.1, 0.15) is 24.3 Å². The summed E-state index contributed by atoms with van der Waals surface area (Å²) in [6, 6.07) is 1.90. The second kappa shape index (κ2) is 5.86. The summed E-state index contributed by atoms with van der Waals surface area (Å²) < 4.78 is 0.820. The van der Waals surface area contributed by atoms with Gasteiger partial charge in [0.2, 0.25) is 0 Å². The Labute approximate surface area is 107 Å². The summed E-state index contributed by atoms with van der Waals surface area (Å²) in [4.78, 5) is 14.3. The maximum absolute atomic E-state index is 11.5. The van der Waals surface area contributed by atoms with Crippen LogP contribution in [0.3, 0.4) is 0 Å². The lowest BCUT2D eigenvalue weighted by molar-refractivity contribution is 0.0939. The molecule has 88 valence electrons. The van der Waals surface area contributed by atoms with Gasteiger partial charge in [-0.05, 0) is 48.1 Å². The van der Waals surface area contributed by atoms with Gasteiger partial charge >= 0.3 is 0 Å². The third-order valence-electron chi connectivity index (χ3n) is 1.60. The molecule has 0 aliphatic heterocycles. The fourth-order valence-corrected chi connectivity index (χ4v) is 1.61. The molecule has 1 aromatic heterocycles. The molecule has 1 aromatic rings. The monoisotopic (exact) mass is 304 g/mol. The minimum absolute atomic E-state index is 0.219. The minimum Gasteiger partial charge on any atom is -0.359 e. The van der Waals surface area contributed by atoms with Crippen LogP contribution in [0.4, 0.5) is 0 Å². The second-order valence-corrected chi connectivity index (χ2v) is 4.76. The van der Waals surface area contributed by atoms with E-state index in [1.165, 1.54) is 0 Å². The first kappa shape index (κ1) is 13.0. The van der Waals surface area contributed by atoms with Crippen molar-refractivity contribution in [3.63, 3.8) is 0 Å². The molecule has 1 amide bonds. The van der Waals surface area contributed by atoms with Gasteiger partial charge in [0.25, 0.3) is 5.91 Å². The fourth-order valence-electron chi connectivity index (χ4n) is 0.978. The summed E-state index contributed by atoms with van der Waals surface area (Å²) in [5, 5.41) is 3.32. The summed E-state index contributed by atoms with van der Waals surface area (Å²) in [6.07, 6.45) is 1.68. The van der Waals surface area contributed by atoms with Gasteiger partial charge in [-0.25, -0.2) is 0 Å². The molecule has 0 atom stereocenters.